The molecule has 1 aromatic carbocycles. The molecular formula is C19H24N4O3S. The molecule has 3 heterocycles. The Bertz CT molecular complexity index is 926. The lowest BCUT2D eigenvalue weighted by Gasteiger charge is -2.43. The molecule has 144 valence electrons. The number of aromatic nitrogens is 2. The van der Waals surface area contributed by atoms with E-state index in [0.717, 1.165) is 11.1 Å². The number of hydrogen-bond acceptors (Lipinski definition) is 5. The first-order valence-corrected chi connectivity index (χ1v) is 11.0. The number of rotatable bonds is 4. The average molecular weight is 388 g/mol. The molecule has 2 atom stereocenters. The number of piperazine rings is 1. The van der Waals surface area contributed by atoms with Crippen LogP contribution in [0.1, 0.15) is 18.1 Å². The van der Waals surface area contributed by atoms with Gasteiger partial charge in [0.1, 0.15) is 0 Å². The fraction of sp³-hybridized carbons (Fsp3) is 0.474. The van der Waals surface area contributed by atoms with Crippen molar-refractivity contribution < 1.29 is 13.2 Å². The van der Waals surface area contributed by atoms with Gasteiger partial charge in [0, 0.05) is 45.0 Å². The summed E-state index contributed by atoms with van der Waals surface area (Å²) in [7, 11) is -3.11. The number of sulfone groups is 1. The van der Waals surface area contributed by atoms with Crippen molar-refractivity contribution in [2.75, 3.05) is 24.6 Å². The van der Waals surface area contributed by atoms with Crippen LogP contribution in [0.25, 0.3) is 0 Å². The number of benzene rings is 1. The Morgan fingerprint density at radius 2 is 1.85 bits per heavy atom. The van der Waals surface area contributed by atoms with Crippen molar-refractivity contribution >= 4 is 15.7 Å². The zero-order chi connectivity index (χ0) is 19.0. The predicted molar refractivity (Wildman–Crippen MR) is 102 cm³/mol. The standard InChI is InChI=1S/C19H24N4O3S/c1-15(24)23-9-8-21(18-13-27(25,26)14-19(18)23)11-16-4-2-5-17(10-16)12-22-7-3-6-20-22/h2-7,10,18-19H,8-9,11-14H2,1H3/t18-,19+/m1/s1. The lowest BCUT2D eigenvalue weighted by molar-refractivity contribution is -0.134. The molecule has 0 spiro atoms. The molecule has 1 amide bonds. The zero-order valence-corrected chi connectivity index (χ0v) is 16.2. The lowest BCUT2D eigenvalue weighted by Crippen LogP contribution is -2.59. The van der Waals surface area contributed by atoms with Gasteiger partial charge in [-0.15, -0.1) is 0 Å². The highest BCUT2D eigenvalue weighted by molar-refractivity contribution is 7.91. The van der Waals surface area contributed by atoms with Crippen molar-refractivity contribution in [2.45, 2.75) is 32.1 Å². The summed E-state index contributed by atoms with van der Waals surface area (Å²) in [6.45, 7) is 4.20. The van der Waals surface area contributed by atoms with Crippen LogP contribution in [0, 0.1) is 0 Å². The summed E-state index contributed by atoms with van der Waals surface area (Å²) in [5.41, 5.74) is 2.31. The van der Waals surface area contributed by atoms with E-state index in [2.05, 4.69) is 28.2 Å². The van der Waals surface area contributed by atoms with E-state index in [0.29, 0.717) is 26.2 Å². The first kappa shape index (κ1) is 18.2. The number of hydrogen-bond donors (Lipinski definition) is 0. The Morgan fingerprint density at radius 1 is 1.11 bits per heavy atom. The van der Waals surface area contributed by atoms with Gasteiger partial charge in [-0.3, -0.25) is 14.4 Å². The topological polar surface area (TPSA) is 75.5 Å². The fourth-order valence-corrected chi connectivity index (χ4v) is 6.27. The summed E-state index contributed by atoms with van der Waals surface area (Å²) in [5.74, 6) is 0.171. The molecule has 27 heavy (non-hydrogen) atoms. The second kappa shape index (κ2) is 7.09. The van der Waals surface area contributed by atoms with E-state index in [9.17, 15) is 13.2 Å². The van der Waals surface area contributed by atoms with E-state index in [1.165, 1.54) is 6.92 Å². The first-order valence-electron chi connectivity index (χ1n) is 9.18. The third-order valence-electron chi connectivity index (χ3n) is 5.48. The van der Waals surface area contributed by atoms with E-state index in [4.69, 9.17) is 0 Å². The zero-order valence-electron chi connectivity index (χ0n) is 15.4. The van der Waals surface area contributed by atoms with Gasteiger partial charge >= 0.3 is 0 Å². The van der Waals surface area contributed by atoms with Crippen molar-refractivity contribution in [1.29, 1.82) is 0 Å². The monoisotopic (exact) mass is 388 g/mol. The van der Waals surface area contributed by atoms with Crippen molar-refractivity contribution in [3.63, 3.8) is 0 Å². The fourth-order valence-electron chi connectivity index (χ4n) is 4.25. The van der Waals surface area contributed by atoms with Crippen molar-refractivity contribution in [3.05, 3.63) is 53.9 Å². The molecule has 0 saturated carbocycles. The minimum atomic E-state index is -3.11. The number of carbonyl (C=O) groups excluding carboxylic acids is 1. The van der Waals surface area contributed by atoms with Gasteiger partial charge in [0.2, 0.25) is 5.91 Å². The number of fused-ring (bicyclic) bond motifs is 1. The lowest BCUT2D eigenvalue weighted by atomic mass is 10.0. The van der Waals surface area contributed by atoms with Crippen LogP contribution in [0.15, 0.2) is 42.7 Å². The second-order valence-electron chi connectivity index (χ2n) is 7.42. The number of carbonyl (C=O) groups is 1. The summed E-state index contributed by atoms with van der Waals surface area (Å²) in [5, 5.41) is 4.24. The van der Waals surface area contributed by atoms with Gasteiger partial charge in [0.25, 0.3) is 0 Å². The summed E-state index contributed by atoms with van der Waals surface area (Å²) in [4.78, 5) is 15.9. The van der Waals surface area contributed by atoms with Gasteiger partial charge in [-0.25, -0.2) is 8.42 Å². The van der Waals surface area contributed by atoms with Crippen LogP contribution in [0.3, 0.4) is 0 Å². The molecule has 1 aromatic heterocycles. The third kappa shape index (κ3) is 3.91. The van der Waals surface area contributed by atoms with Gasteiger partial charge in [-0.2, -0.15) is 5.10 Å². The molecule has 0 N–H and O–H groups in total. The van der Waals surface area contributed by atoms with Gasteiger partial charge in [-0.05, 0) is 17.2 Å². The molecule has 2 saturated heterocycles. The normalized spacial score (nSPS) is 24.7. The highest BCUT2D eigenvalue weighted by Crippen LogP contribution is 2.28. The van der Waals surface area contributed by atoms with Crippen molar-refractivity contribution in [1.82, 2.24) is 19.6 Å². The molecule has 8 heteroatoms. The SMILES string of the molecule is CC(=O)N1CCN(Cc2cccc(Cn3cccn3)c2)[C@@H]2CS(=O)(=O)C[C@@H]21. The van der Waals surface area contributed by atoms with Crippen LogP contribution in [-0.4, -0.2) is 70.6 Å². The second-order valence-corrected chi connectivity index (χ2v) is 9.57. The van der Waals surface area contributed by atoms with Crippen LogP contribution in [0.4, 0.5) is 0 Å². The van der Waals surface area contributed by atoms with Gasteiger partial charge in [0.05, 0.1) is 24.1 Å². The van der Waals surface area contributed by atoms with Gasteiger partial charge in [-0.1, -0.05) is 24.3 Å². The first-order chi connectivity index (χ1) is 12.9. The predicted octanol–water partition coefficient (Wildman–Crippen LogP) is 0.761. The van der Waals surface area contributed by atoms with Crippen LogP contribution in [0.2, 0.25) is 0 Å². The minimum Gasteiger partial charge on any atom is -0.336 e. The van der Waals surface area contributed by atoms with Gasteiger partial charge in [0.15, 0.2) is 9.84 Å². The highest BCUT2D eigenvalue weighted by Gasteiger charge is 2.47. The highest BCUT2D eigenvalue weighted by atomic mass is 32.2. The molecule has 2 aliphatic heterocycles. The van der Waals surface area contributed by atoms with Crippen LogP contribution in [0.5, 0.6) is 0 Å². The van der Waals surface area contributed by atoms with E-state index in [1.54, 1.807) is 11.1 Å². The summed E-state index contributed by atoms with van der Waals surface area (Å²) in [6.07, 6.45) is 3.70. The van der Waals surface area contributed by atoms with Crippen molar-refractivity contribution in [3.8, 4) is 0 Å². The quantitative estimate of drug-likeness (QED) is 0.773. The maximum absolute atomic E-state index is 12.2. The van der Waals surface area contributed by atoms with E-state index in [1.807, 2.05) is 23.0 Å². The van der Waals surface area contributed by atoms with E-state index in [-0.39, 0.29) is 29.5 Å². The van der Waals surface area contributed by atoms with Crippen LogP contribution < -0.4 is 0 Å². The molecule has 2 aliphatic rings. The summed E-state index contributed by atoms with van der Waals surface area (Å²) >= 11 is 0. The van der Waals surface area contributed by atoms with E-state index >= 15 is 0 Å². The molecule has 2 fully saturated rings. The van der Waals surface area contributed by atoms with Crippen LogP contribution >= 0.6 is 0 Å². The maximum Gasteiger partial charge on any atom is 0.219 e. The van der Waals surface area contributed by atoms with Gasteiger partial charge < -0.3 is 4.90 Å². The maximum atomic E-state index is 12.2. The Morgan fingerprint density at radius 3 is 2.56 bits per heavy atom. The summed E-state index contributed by atoms with van der Waals surface area (Å²) < 4.78 is 26.3. The molecule has 4 rings (SSSR count). The number of amides is 1. The molecular weight excluding hydrogens is 364 g/mol. The number of nitrogens with zero attached hydrogens (tertiary/aromatic N) is 4. The molecule has 0 aliphatic carbocycles. The Balaban J connectivity index is 1.51. The molecule has 0 radical (unpaired) electrons. The minimum absolute atomic E-state index is 0.0389. The smallest absolute Gasteiger partial charge is 0.219 e. The molecule has 0 unspecified atom stereocenters. The Kier molecular flexibility index (Phi) is 4.77. The molecule has 7 nitrogen and oxygen atoms in total. The summed E-state index contributed by atoms with van der Waals surface area (Å²) in [6, 6.07) is 9.87. The average Bonchev–Trinajstić information content (AvgIpc) is 3.21. The molecule has 0 bridgehead atoms. The Hall–Kier alpha value is -2.19. The van der Waals surface area contributed by atoms with Crippen LogP contribution in [-0.2, 0) is 27.7 Å². The Labute approximate surface area is 159 Å². The van der Waals surface area contributed by atoms with E-state index < -0.39 is 9.84 Å². The largest absolute Gasteiger partial charge is 0.336 e. The third-order valence-corrected chi connectivity index (χ3v) is 7.18. The van der Waals surface area contributed by atoms with Crippen molar-refractivity contribution in [2.24, 2.45) is 0 Å². The molecule has 2 aromatic rings.